The lowest BCUT2D eigenvalue weighted by atomic mass is 10.1. The molecule has 0 aromatic carbocycles. The van der Waals surface area contributed by atoms with Crippen LogP contribution in [-0.2, 0) is 6.42 Å². The predicted octanol–water partition coefficient (Wildman–Crippen LogP) is 1.43. The van der Waals surface area contributed by atoms with E-state index in [1.54, 1.807) is 11.3 Å². The standard InChI is InChI=1S/C18H34N6S/c1-5-19-18(20-7-6-17-14-25-16(3)22-17)21-12-15(2)13-24-10-8-23(4)9-11-24/h14-15H,5-13H2,1-4H3,(H2,19,20,21). The fourth-order valence-electron chi connectivity index (χ4n) is 2.95. The monoisotopic (exact) mass is 366 g/mol. The van der Waals surface area contributed by atoms with E-state index in [-0.39, 0.29) is 0 Å². The Hall–Kier alpha value is -1.18. The van der Waals surface area contributed by atoms with E-state index in [9.17, 15) is 0 Å². The van der Waals surface area contributed by atoms with Gasteiger partial charge in [-0.1, -0.05) is 6.92 Å². The first-order valence-corrected chi connectivity index (χ1v) is 10.3. The molecule has 25 heavy (non-hydrogen) atoms. The van der Waals surface area contributed by atoms with E-state index in [0.29, 0.717) is 5.92 Å². The highest BCUT2D eigenvalue weighted by atomic mass is 32.1. The Morgan fingerprint density at radius 3 is 2.72 bits per heavy atom. The Morgan fingerprint density at radius 2 is 2.08 bits per heavy atom. The number of aromatic nitrogens is 1. The molecule has 1 saturated heterocycles. The summed E-state index contributed by atoms with van der Waals surface area (Å²) < 4.78 is 0. The Balaban J connectivity index is 1.71. The summed E-state index contributed by atoms with van der Waals surface area (Å²) in [6.07, 6.45) is 0.936. The van der Waals surface area contributed by atoms with Crippen molar-refractivity contribution in [3.63, 3.8) is 0 Å². The summed E-state index contributed by atoms with van der Waals surface area (Å²) in [5, 5.41) is 10.0. The summed E-state index contributed by atoms with van der Waals surface area (Å²) >= 11 is 1.71. The lowest BCUT2D eigenvalue weighted by Crippen LogP contribution is -2.46. The van der Waals surface area contributed by atoms with E-state index in [1.807, 2.05) is 0 Å². The fraction of sp³-hybridized carbons (Fsp3) is 0.778. The van der Waals surface area contributed by atoms with Gasteiger partial charge in [0.1, 0.15) is 0 Å². The number of nitrogens with one attached hydrogen (secondary N) is 2. The molecular formula is C18H34N6S. The maximum Gasteiger partial charge on any atom is 0.191 e. The van der Waals surface area contributed by atoms with Crippen LogP contribution in [0.2, 0.25) is 0 Å². The van der Waals surface area contributed by atoms with Crippen LogP contribution in [0.15, 0.2) is 10.4 Å². The molecule has 0 radical (unpaired) electrons. The summed E-state index contributed by atoms with van der Waals surface area (Å²) in [6, 6.07) is 0. The minimum atomic E-state index is 0.569. The maximum absolute atomic E-state index is 4.77. The second-order valence-electron chi connectivity index (χ2n) is 6.96. The highest BCUT2D eigenvalue weighted by Gasteiger charge is 2.15. The van der Waals surface area contributed by atoms with Gasteiger partial charge in [-0.25, -0.2) is 4.98 Å². The molecular weight excluding hydrogens is 332 g/mol. The zero-order valence-corrected chi connectivity index (χ0v) is 17.0. The molecule has 0 aliphatic carbocycles. The van der Waals surface area contributed by atoms with Gasteiger partial charge >= 0.3 is 0 Å². The second kappa shape index (κ2) is 10.7. The summed E-state index contributed by atoms with van der Waals surface area (Å²) in [6.45, 7) is 14.9. The average molecular weight is 367 g/mol. The van der Waals surface area contributed by atoms with Gasteiger partial charge < -0.3 is 20.4 Å². The largest absolute Gasteiger partial charge is 0.357 e. The molecule has 0 saturated carbocycles. The quantitative estimate of drug-likeness (QED) is 0.538. The number of likely N-dealkylation sites (N-methyl/N-ethyl adjacent to an activating group) is 1. The lowest BCUT2D eigenvalue weighted by Gasteiger charge is -2.33. The summed E-state index contributed by atoms with van der Waals surface area (Å²) in [5.41, 5.74) is 1.16. The zero-order valence-electron chi connectivity index (χ0n) is 16.2. The molecule has 1 aliphatic rings. The highest BCUT2D eigenvalue weighted by Crippen LogP contribution is 2.08. The summed E-state index contributed by atoms with van der Waals surface area (Å²) in [7, 11) is 2.20. The molecule has 7 heteroatoms. The third kappa shape index (κ3) is 7.71. The van der Waals surface area contributed by atoms with Gasteiger partial charge in [0, 0.05) is 64.2 Å². The number of piperazine rings is 1. The topological polar surface area (TPSA) is 55.8 Å². The van der Waals surface area contributed by atoms with Crippen molar-refractivity contribution in [1.82, 2.24) is 25.4 Å². The van der Waals surface area contributed by atoms with Crippen LogP contribution in [0.5, 0.6) is 0 Å². The van der Waals surface area contributed by atoms with E-state index >= 15 is 0 Å². The molecule has 2 heterocycles. The fourth-order valence-corrected chi connectivity index (χ4v) is 3.60. The number of hydrogen-bond donors (Lipinski definition) is 2. The number of thiazole rings is 1. The van der Waals surface area contributed by atoms with Crippen molar-refractivity contribution in [3.8, 4) is 0 Å². The molecule has 1 unspecified atom stereocenters. The van der Waals surface area contributed by atoms with Crippen molar-refractivity contribution in [3.05, 3.63) is 16.1 Å². The molecule has 1 atom stereocenters. The van der Waals surface area contributed by atoms with Gasteiger partial charge in [-0.15, -0.1) is 11.3 Å². The molecule has 142 valence electrons. The zero-order chi connectivity index (χ0) is 18.1. The number of aliphatic imine (C=N–C) groups is 1. The van der Waals surface area contributed by atoms with Crippen molar-refractivity contribution >= 4 is 17.3 Å². The first-order valence-electron chi connectivity index (χ1n) is 9.41. The average Bonchev–Trinajstić information content (AvgIpc) is 3.00. The third-order valence-corrected chi connectivity index (χ3v) is 5.23. The van der Waals surface area contributed by atoms with Crippen LogP contribution in [0.25, 0.3) is 0 Å². The normalized spacial score (nSPS) is 18.3. The van der Waals surface area contributed by atoms with Gasteiger partial charge in [0.2, 0.25) is 0 Å². The van der Waals surface area contributed by atoms with Crippen molar-refractivity contribution in [2.75, 3.05) is 59.4 Å². The highest BCUT2D eigenvalue weighted by molar-refractivity contribution is 7.09. The van der Waals surface area contributed by atoms with Gasteiger partial charge in [0.25, 0.3) is 0 Å². The molecule has 2 N–H and O–H groups in total. The molecule has 0 amide bonds. The first-order chi connectivity index (χ1) is 12.1. The van der Waals surface area contributed by atoms with Gasteiger partial charge in [-0.05, 0) is 26.8 Å². The molecule has 1 aromatic heterocycles. The second-order valence-corrected chi connectivity index (χ2v) is 8.03. The summed E-state index contributed by atoms with van der Waals surface area (Å²) in [4.78, 5) is 14.2. The predicted molar refractivity (Wildman–Crippen MR) is 108 cm³/mol. The number of hydrogen-bond acceptors (Lipinski definition) is 5. The van der Waals surface area contributed by atoms with E-state index in [0.717, 1.165) is 49.3 Å². The van der Waals surface area contributed by atoms with Crippen molar-refractivity contribution in [2.24, 2.45) is 10.9 Å². The van der Waals surface area contributed by atoms with Crippen molar-refractivity contribution in [2.45, 2.75) is 27.2 Å². The Morgan fingerprint density at radius 1 is 1.32 bits per heavy atom. The van der Waals surface area contributed by atoms with Gasteiger partial charge in [-0.3, -0.25) is 4.99 Å². The number of guanidine groups is 1. The van der Waals surface area contributed by atoms with Crippen LogP contribution >= 0.6 is 11.3 Å². The van der Waals surface area contributed by atoms with E-state index in [1.165, 1.54) is 26.2 Å². The molecule has 2 rings (SSSR count). The lowest BCUT2D eigenvalue weighted by molar-refractivity contribution is 0.140. The van der Waals surface area contributed by atoms with Crippen LogP contribution in [0, 0.1) is 12.8 Å². The van der Waals surface area contributed by atoms with E-state index in [2.05, 4.69) is 58.6 Å². The number of nitrogens with zero attached hydrogens (tertiary/aromatic N) is 4. The molecule has 1 aliphatic heterocycles. The van der Waals surface area contributed by atoms with E-state index in [4.69, 9.17) is 4.99 Å². The Labute approximate surface area is 156 Å². The maximum atomic E-state index is 4.77. The van der Waals surface area contributed by atoms with Crippen LogP contribution in [-0.4, -0.2) is 80.1 Å². The smallest absolute Gasteiger partial charge is 0.191 e. The molecule has 0 spiro atoms. The van der Waals surface area contributed by atoms with Gasteiger partial charge in [-0.2, -0.15) is 0 Å². The SMILES string of the molecule is CCNC(=NCC(C)CN1CCN(C)CC1)NCCc1csc(C)n1. The van der Waals surface area contributed by atoms with Crippen molar-refractivity contribution < 1.29 is 0 Å². The molecule has 0 bridgehead atoms. The minimum Gasteiger partial charge on any atom is -0.357 e. The van der Waals surface area contributed by atoms with Crippen molar-refractivity contribution in [1.29, 1.82) is 0 Å². The Kier molecular flexibility index (Phi) is 8.64. The minimum absolute atomic E-state index is 0.569. The number of aryl methyl sites for hydroxylation is 1. The van der Waals surface area contributed by atoms with Crippen LogP contribution < -0.4 is 10.6 Å². The molecule has 6 nitrogen and oxygen atoms in total. The summed E-state index contributed by atoms with van der Waals surface area (Å²) in [5.74, 6) is 1.49. The van der Waals surface area contributed by atoms with Crippen LogP contribution in [0.3, 0.4) is 0 Å². The van der Waals surface area contributed by atoms with Gasteiger partial charge in [0.15, 0.2) is 5.96 Å². The Bertz CT molecular complexity index is 521. The first kappa shape index (κ1) is 20.1. The molecule has 1 aromatic rings. The third-order valence-electron chi connectivity index (χ3n) is 4.41. The number of rotatable bonds is 8. The van der Waals surface area contributed by atoms with Crippen LogP contribution in [0.1, 0.15) is 24.5 Å². The molecule has 1 fully saturated rings. The van der Waals surface area contributed by atoms with Gasteiger partial charge in [0.05, 0.1) is 10.7 Å². The van der Waals surface area contributed by atoms with Crippen LogP contribution in [0.4, 0.5) is 0 Å². The van der Waals surface area contributed by atoms with E-state index < -0.39 is 0 Å².